The maximum absolute atomic E-state index is 13.0. The zero-order chi connectivity index (χ0) is 12.4. The van der Waals surface area contributed by atoms with Crippen molar-refractivity contribution < 1.29 is 19.3 Å². The number of benzene rings is 1. The van der Waals surface area contributed by atoms with Crippen LogP contribution in [0.15, 0.2) is 18.2 Å². The molecule has 1 aromatic rings. The van der Waals surface area contributed by atoms with Crippen molar-refractivity contribution in [1.82, 2.24) is 0 Å². The van der Waals surface area contributed by atoms with E-state index in [2.05, 4.69) is 12.6 Å². The van der Waals surface area contributed by atoms with Gasteiger partial charge in [-0.05, 0) is 36.6 Å². The molecule has 17 heavy (non-hydrogen) atoms. The quantitative estimate of drug-likeness (QED) is 0.713. The third-order valence-corrected chi connectivity index (χ3v) is 3.64. The molecule has 94 valence electrons. The van der Waals surface area contributed by atoms with Crippen LogP contribution in [0.4, 0.5) is 4.39 Å². The molecule has 0 aromatic heterocycles. The molecule has 0 amide bonds. The van der Waals surface area contributed by atoms with Crippen LogP contribution in [0.25, 0.3) is 0 Å². The predicted molar refractivity (Wildman–Crippen MR) is 65.0 cm³/mol. The highest BCUT2D eigenvalue weighted by atomic mass is 32.1. The molecule has 0 spiro atoms. The highest BCUT2D eigenvalue weighted by Crippen LogP contribution is 2.31. The van der Waals surface area contributed by atoms with Crippen molar-refractivity contribution in [3.05, 3.63) is 29.6 Å². The summed E-state index contributed by atoms with van der Waals surface area (Å²) in [5.74, 6) is 0.357. The summed E-state index contributed by atoms with van der Waals surface area (Å²) in [5, 5.41) is 17.9. The van der Waals surface area contributed by atoms with Crippen LogP contribution in [0.3, 0.4) is 0 Å². The van der Waals surface area contributed by atoms with E-state index in [1.54, 1.807) is 6.07 Å². The van der Waals surface area contributed by atoms with Gasteiger partial charge < -0.3 is 14.9 Å². The molecule has 5 heteroatoms. The third-order valence-electron chi connectivity index (χ3n) is 2.96. The second-order valence-corrected chi connectivity index (χ2v) is 4.78. The maximum Gasteiger partial charge on any atom is 0.123 e. The van der Waals surface area contributed by atoms with Crippen LogP contribution in [0.1, 0.15) is 12.0 Å². The number of aliphatic hydroxyl groups excluding tert-OH is 2. The topological polar surface area (TPSA) is 49.7 Å². The van der Waals surface area contributed by atoms with E-state index < -0.39 is 11.4 Å². The van der Waals surface area contributed by atoms with E-state index in [-0.39, 0.29) is 18.5 Å². The Bertz CT molecular complexity index is 399. The number of aliphatic hydroxyl groups is 2. The molecule has 0 radical (unpaired) electrons. The van der Waals surface area contributed by atoms with Crippen LogP contribution >= 0.6 is 12.6 Å². The number of rotatable bonds is 3. The molecule has 0 saturated carbocycles. The number of hydrogen-bond acceptors (Lipinski definition) is 4. The number of halogens is 1. The first-order valence-electron chi connectivity index (χ1n) is 5.54. The summed E-state index contributed by atoms with van der Waals surface area (Å²) >= 11 is 4.25. The molecule has 1 aliphatic rings. The number of ether oxygens (including phenoxy) is 1. The minimum atomic E-state index is -0.912. The number of fused-ring (bicyclic) bond motifs is 1. The fourth-order valence-corrected chi connectivity index (χ4v) is 2.28. The molecule has 1 aliphatic heterocycles. The lowest BCUT2D eigenvalue weighted by Gasteiger charge is -2.31. The lowest BCUT2D eigenvalue weighted by atomic mass is 9.98. The Morgan fingerprint density at radius 3 is 3.00 bits per heavy atom. The Morgan fingerprint density at radius 2 is 2.29 bits per heavy atom. The van der Waals surface area contributed by atoms with Gasteiger partial charge in [0.05, 0.1) is 18.0 Å². The van der Waals surface area contributed by atoms with Gasteiger partial charge in [-0.25, -0.2) is 4.39 Å². The smallest absolute Gasteiger partial charge is 0.123 e. The summed E-state index contributed by atoms with van der Waals surface area (Å²) < 4.78 is 18.6. The Morgan fingerprint density at radius 1 is 1.53 bits per heavy atom. The summed E-state index contributed by atoms with van der Waals surface area (Å²) in [6.45, 7) is -0.343. The maximum atomic E-state index is 13.0. The summed E-state index contributed by atoms with van der Waals surface area (Å²) in [7, 11) is 0. The highest BCUT2D eigenvalue weighted by Gasteiger charge is 2.30. The van der Waals surface area contributed by atoms with Crippen molar-refractivity contribution in [2.24, 2.45) is 0 Å². The Hall–Kier alpha value is -0.780. The molecule has 2 rings (SSSR count). The second kappa shape index (κ2) is 5.25. The number of thiol groups is 1. The van der Waals surface area contributed by atoms with Gasteiger partial charge in [0.25, 0.3) is 0 Å². The summed E-state index contributed by atoms with van der Waals surface area (Å²) in [5.41, 5.74) is 0.834. The van der Waals surface area contributed by atoms with E-state index in [0.717, 1.165) is 5.56 Å². The van der Waals surface area contributed by atoms with E-state index in [4.69, 9.17) is 9.84 Å². The van der Waals surface area contributed by atoms with Crippen molar-refractivity contribution in [3.63, 3.8) is 0 Å². The summed E-state index contributed by atoms with van der Waals surface area (Å²) in [6, 6.07) is 4.39. The van der Waals surface area contributed by atoms with Gasteiger partial charge in [0.1, 0.15) is 17.7 Å². The number of hydrogen-bond donors (Lipinski definition) is 3. The minimum Gasteiger partial charge on any atom is -0.489 e. The Balaban J connectivity index is 2.11. The van der Waals surface area contributed by atoms with Gasteiger partial charge in [-0.1, -0.05) is 0 Å². The molecule has 3 nitrogen and oxygen atoms in total. The molecule has 0 bridgehead atoms. The largest absolute Gasteiger partial charge is 0.489 e. The fraction of sp³-hybridized carbons (Fsp3) is 0.500. The SMILES string of the molecule is OC[C@@H](O)C(S)[C@@H]1CCc2cc(F)ccc2O1. The first-order valence-corrected chi connectivity index (χ1v) is 6.05. The van der Waals surface area contributed by atoms with Crippen molar-refractivity contribution in [2.75, 3.05) is 6.61 Å². The lowest BCUT2D eigenvalue weighted by molar-refractivity contribution is 0.0511. The third kappa shape index (κ3) is 2.73. The van der Waals surface area contributed by atoms with E-state index in [1.165, 1.54) is 12.1 Å². The van der Waals surface area contributed by atoms with Crippen molar-refractivity contribution >= 4 is 12.6 Å². The van der Waals surface area contributed by atoms with Crippen LogP contribution in [-0.2, 0) is 6.42 Å². The van der Waals surface area contributed by atoms with Crippen LogP contribution in [0, 0.1) is 5.82 Å². The summed E-state index contributed by atoms with van der Waals surface area (Å²) in [6.07, 6.45) is 0.165. The second-order valence-electron chi connectivity index (χ2n) is 4.19. The van der Waals surface area contributed by atoms with E-state index in [1.807, 2.05) is 0 Å². The Labute approximate surface area is 105 Å². The van der Waals surface area contributed by atoms with E-state index in [9.17, 15) is 9.50 Å². The molecule has 1 aromatic carbocycles. The molecule has 0 fully saturated rings. The van der Waals surface area contributed by atoms with Crippen LogP contribution in [0.5, 0.6) is 5.75 Å². The fourth-order valence-electron chi connectivity index (χ4n) is 1.97. The van der Waals surface area contributed by atoms with Gasteiger partial charge in [-0.3, -0.25) is 0 Å². The standard InChI is InChI=1S/C12H15FO3S/c13-8-2-4-10-7(5-8)1-3-11(16-10)12(17)9(15)6-14/h2,4-5,9,11-12,14-15,17H,1,3,6H2/t9-,11+,12?/m1/s1. The van der Waals surface area contributed by atoms with Crippen LogP contribution in [-0.4, -0.2) is 34.3 Å². The summed E-state index contributed by atoms with van der Waals surface area (Å²) in [4.78, 5) is 0. The average molecular weight is 258 g/mol. The lowest BCUT2D eigenvalue weighted by Crippen LogP contribution is -2.40. The van der Waals surface area contributed by atoms with E-state index >= 15 is 0 Å². The predicted octanol–water partition coefficient (Wildman–Crippen LogP) is 1.17. The minimum absolute atomic E-state index is 0.265. The van der Waals surface area contributed by atoms with Gasteiger partial charge in [0.15, 0.2) is 0 Å². The van der Waals surface area contributed by atoms with Gasteiger partial charge in [-0.15, -0.1) is 0 Å². The van der Waals surface area contributed by atoms with Crippen molar-refractivity contribution in [3.8, 4) is 5.75 Å². The first-order chi connectivity index (χ1) is 8.11. The molecule has 2 N–H and O–H groups in total. The molecule has 0 aliphatic carbocycles. The van der Waals surface area contributed by atoms with Crippen molar-refractivity contribution in [2.45, 2.75) is 30.3 Å². The highest BCUT2D eigenvalue weighted by molar-refractivity contribution is 7.81. The Kier molecular flexibility index (Phi) is 3.91. The van der Waals surface area contributed by atoms with Gasteiger partial charge in [0.2, 0.25) is 0 Å². The van der Waals surface area contributed by atoms with Gasteiger partial charge in [0, 0.05) is 0 Å². The molecule has 3 atom stereocenters. The monoisotopic (exact) mass is 258 g/mol. The van der Waals surface area contributed by atoms with Gasteiger partial charge in [-0.2, -0.15) is 12.6 Å². The first kappa shape index (κ1) is 12.7. The molecular formula is C12H15FO3S. The number of aryl methyl sites for hydroxylation is 1. The molecular weight excluding hydrogens is 243 g/mol. The normalized spacial score (nSPS) is 22.5. The van der Waals surface area contributed by atoms with Crippen molar-refractivity contribution in [1.29, 1.82) is 0 Å². The average Bonchev–Trinajstić information content (AvgIpc) is 2.36. The zero-order valence-corrected chi connectivity index (χ0v) is 10.1. The van der Waals surface area contributed by atoms with E-state index in [0.29, 0.717) is 18.6 Å². The van der Waals surface area contributed by atoms with Crippen LogP contribution in [0.2, 0.25) is 0 Å². The molecule has 0 saturated heterocycles. The molecule has 1 heterocycles. The van der Waals surface area contributed by atoms with Gasteiger partial charge >= 0.3 is 0 Å². The van der Waals surface area contributed by atoms with Crippen LogP contribution < -0.4 is 4.74 Å². The molecule has 1 unspecified atom stereocenters. The zero-order valence-electron chi connectivity index (χ0n) is 9.21.